The number of benzene rings is 1. The van der Waals surface area contributed by atoms with Crippen molar-refractivity contribution in [3.8, 4) is 0 Å². The van der Waals surface area contributed by atoms with Crippen LogP contribution in [-0.2, 0) is 28.8 Å². The van der Waals surface area contributed by atoms with E-state index in [-0.39, 0.29) is 6.10 Å². The van der Waals surface area contributed by atoms with Crippen LogP contribution in [0.3, 0.4) is 0 Å². The van der Waals surface area contributed by atoms with E-state index in [2.05, 4.69) is 23.1 Å². The van der Waals surface area contributed by atoms with E-state index in [0.717, 1.165) is 57.2 Å². The van der Waals surface area contributed by atoms with Gasteiger partial charge in [0, 0.05) is 31.1 Å². The van der Waals surface area contributed by atoms with Crippen LogP contribution in [0.25, 0.3) is 0 Å². The second kappa shape index (κ2) is 11.0. The van der Waals surface area contributed by atoms with Gasteiger partial charge in [-0.15, -0.1) is 0 Å². The second-order valence-corrected chi connectivity index (χ2v) is 10.3. The van der Waals surface area contributed by atoms with Crippen LogP contribution in [0.15, 0.2) is 36.4 Å². The van der Waals surface area contributed by atoms with E-state index in [1.54, 1.807) is 0 Å². The first-order valence-electron chi connectivity index (χ1n) is 13.3. The molecule has 0 amide bonds. The zero-order valence-electron chi connectivity index (χ0n) is 20.3. The molecule has 5 heteroatoms. The maximum Gasteiger partial charge on any atom is 0.325 e. The topological polar surface area (TPSA) is 62.7 Å². The number of pyridine rings is 1. The van der Waals surface area contributed by atoms with Crippen LogP contribution in [-0.4, -0.2) is 46.8 Å². The predicted octanol–water partition coefficient (Wildman–Crippen LogP) is 5.47. The highest BCUT2D eigenvalue weighted by molar-refractivity contribution is 5.76. The summed E-state index contributed by atoms with van der Waals surface area (Å²) in [6.45, 7) is 2.24. The quantitative estimate of drug-likeness (QED) is 0.449. The Bertz CT molecular complexity index is 987. The zero-order chi connectivity index (χ0) is 23.3. The number of unbranched alkanes of at least 4 members (excludes halogenated alkanes) is 2. The number of hydrogen-bond acceptors (Lipinski definition) is 4. The minimum Gasteiger partial charge on any atom is -0.480 e. The SMILES string of the molecule is O=C(O)[C@H](c1ccccc1C1CC1)N1CC[C@@H](OCCCCCc2ccc3c(n2)CCCC3)C1. The number of rotatable bonds is 11. The van der Waals surface area contributed by atoms with Crippen molar-refractivity contribution in [2.75, 3.05) is 19.7 Å². The molecule has 0 unspecified atom stereocenters. The number of carboxylic acid groups (broad SMARTS) is 1. The van der Waals surface area contributed by atoms with Gasteiger partial charge in [0.25, 0.3) is 0 Å². The molecule has 1 aliphatic heterocycles. The number of carboxylic acids is 1. The smallest absolute Gasteiger partial charge is 0.325 e. The summed E-state index contributed by atoms with van der Waals surface area (Å²) in [6.07, 6.45) is 12.7. The number of nitrogens with zero attached hydrogens (tertiary/aromatic N) is 2. The fourth-order valence-corrected chi connectivity index (χ4v) is 5.74. The van der Waals surface area contributed by atoms with E-state index in [1.807, 2.05) is 18.2 Å². The average molecular weight is 463 g/mol. The van der Waals surface area contributed by atoms with Crippen LogP contribution in [0.4, 0.5) is 0 Å². The summed E-state index contributed by atoms with van der Waals surface area (Å²) in [5.41, 5.74) is 6.23. The molecule has 1 aromatic carbocycles. The van der Waals surface area contributed by atoms with Crippen LogP contribution in [0.1, 0.15) is 91.4 Å². The fourth-order valence-electron chi connectivity index (χ4n) is 5.74. The third kappa shape index (κ3) is 5.69. The van der Waals surface area contributed by atoms with Crippen LogP contribution in [0.5, 0.6) is 0 Å². The maximum atomic E-state index is 12.2. The zero-order valence-corrected chi connectivity index (χ0v) is 20.3. The van der Waals surface area contributed by atoms with E-state index < -0.39 is 12.0 Å². The Hall–Kier alpha value is -2.24. The van der Waals surface area contributed by atoms with Gasteiger partial charge in [0.1, 0.15) is 6.04 Å². The molecule has 0 radical (unpaired) electrons. The molecule has 2 fully saturated rings. The first kappa shape index (κ1) is 23.5. The van der Waals surface area contributed by atoms with Crippen molar-refractivity contribution in [2.45, 2.75) is 88.7 Å². The lowest BCUT2D eigenvalue weighted by Gasteiger charge is -2.26. The molecule has 34 heavy (non-hydrogen) atoms. The largest absolute Gasteiger partial charge is 0.480 e. The van der Waals surface area contributed by atoms with Crippen LogP contribution in [0.2, 0.25) is 0 Å². The molecule has 0 bridgehead atoms. The fraction of sp³-hybridized carbons (Fsp3) is 0.586. The number of aliphatic carboxylic acids is 1. The maximum absolute atomic E-state index is 12.2. The Morgan fingerprint density at radius 1 is 1.06 bits per heavy atom. The van der Waals surface area contributed by atoms with Crippen molar-refractivity contribution >= 4 is 5.97 Å². The molecule has 5 rings (SSSR count). The number of fused-ring (bicyclic) bond motifs is 1. The Labute approximate surface area is 203 Å². The number of ether oxygens (including phenoxy) is 1. The van der Waals surface area contributed by atoms with Crippen molar-refractivity contribution in [2.24, 2.45) is 0 Å². The molecule has 2 atom stereocenters. The predicted molar refractivity (Wildman–Crippen MR) is 133 cm³/mol. The molecule has 2 aromatic rings. The minimum absolute atomic E-state index is 0.136. The van der Waals surface area contributed by atoms with Crippen molar-refractivity contribution < 1.29 is 14.6 Å². The Balaban J connectivity index is 1.05. The molecule has 1 N–H and O–H groups in total. The van der Waals surface area contributed by atoms with Gasteiger partial charge in [-0.2, -0.15) is 0 Å². The third-order valence-corrected chi connectivity index (χ3v) is 7.75. The first-order valence-corrected chi connectivity index (χ1v) is 13.3. The van der Waals surface area contributed by atoms with Gasteiger partial charge in [-0.05, 0) is 92.9 Å². The Morgan fingerprint density at radius 2 is 1.91 bits per heavy atom. The lowest BCUT2D eigenvalue weighted by molar-refractivity contribution is -0.143. The number of hydrogen-bond donors (Lipinski definition) is 1. The summed E-state index contributed by atoms with van der Waals surface area (Å²) in [4.78, 5) is 19.2. The molecule has 5 nitrogen and oxygen atoms in total. The van der Waals surface area contributed by atoms with Gasteiger partial charge in [0.15, 0.2) is 0 Å². The van der Waals surface area contributed by atoms with E-state index in [1.165, 1.54) is 54.6 Å². The number of aryl methyl sites for hydroxylation is 3. The highest BCUT2D eigenvalue weighted by Gasteiger charge is 2.37. The molecule has 1 saturated carbocycles. The summed E-state index contributed by atoms with van der Waals surface area (Å²) in [7, 11) is 0. The second-order valence-electron chi connectivity index (χ2n) is 10.3. The van der Waals surface area contributed by atoms with Crippen LogP contribution < -0.4 is 0 Å². The van der Waals surface area contributed by atoms with Gasteiger partial charge in [-0.25, -0.2) is 0 Å². The summed E-state index contributed by atoms with van der Waals surface area (Å²) in [5, 5.41) is 10.0. The van der Waals surface area contributed by atoms with Gasteiger partial charge < -0.3 is 9.84 Å². The monoisotopic (exact) mass is 462 g/mol. The molecule has 0 spiro atoms. The molecular formula is C29H38N2O3. The summed E-state index contributed by atoms with van der Waals surface area (Å²) >= 11 is 0. The number of carbonyl (C=O) groups is 1. The van der Waals surface area contributed by atoms with E-state index >= 15 is 0 Å². The normalized spacial score (nSPS) is 21.4. The van der Waals surface area contributed by atoms with Gasteiger partial charge in [-0.3, -0.25) is 14.7 Å². The van der Waals surface area contributed by atoms with Gasteiger partial charge in [-0.1, -0.05) is 36.8 Å². The number of likely N-dealkylation sites (tertiary alicyclic amines) is 1. The van der Waals surface area contributed by atoms with Crippen LogP contribution >= 0.6 is 0 Å². The van der Waals surface area contributed by atoms with E-state index in [9.17, 15) is 9.90 Å². The van der Waals surface area contributed by atoms with Crippen molar-refractivity contribution in [1.82, 2.24) is 9.88 Å². The Kier molecular flexibility index (Phi) is 7.60. The molecule has 3 aliphatic rings. The molecular weight excluding hydrogens is 424 g/mol. The van der Waals surface area contributed by atoms with E-state index in [4.69, 9.17) is 9.72 Å². The molecule has 1 saturated heterocycles. The van der Waals surface area contributed by atoms with Crippen molar-refractivity contribution in [3.05, 3.63) is 64.5 Å². The van der Waals surface area contributed by atoms with Crippen molar-refractivity contribution in [3.63, 3.8) is 0 Å². The highest BCUT2D eigenvalue weighted by atomic mass is 16.5. The van der Waals surface area contributed by atoms with Crippen LogP contribution in [0, 0.1) is 0 Å². The van der Waals surface area contributed by atoms with Crippen molar-refractivity contribution in [1.29, 1.82) is 0 Å². The average Bonchev–Trinajstić information content (AvgIpc) is 3.60. The first-order chi connectivity index (χ1) is 16.7. The molecule has 182 valence electrons. The number of aromatic nitrogens is 1. The molecule has 2 heterocycles. The van der Waals surface area contributed by atoms with Gasteiger partial charge in [0.2, 0.25) is 0 Å². The van der Waals surface area contributed by atoms with E-state index in [0.29, 0.717) is 12.5 Å². The standard InChI is InChI=1S/C29H38N2O3/c32-29(33)28(26-11-5-4-10-25(26)21-13-14-21)31-18-17-24(20-31)34-19-7-1-2-9-23-16-15-22-8-3-6-12-27(22)30-23/h4-5,10-11,15-16,21,24,28H,1-3,6-9,12-14,17-20H2,(H,32,33)/t24-,28+/m1/s1. The third-order valence-electron chi connectivity index (χ3n) is 7.75. The highest BCUT2D eigenvalue weighted by Crippen LogP contribution is 2.44. The Morgan fingerprint density at radius 3 is 2.76 bits per heavy atom. The molecule has 1 aromatic heterocycles. The minimum atomic E-state index is -0.746. The summed E-state index contributed by atoms with van der Waals surface area (Å²) in [6, 6.07) is 12.1. The lowest BCUT2D eigenvalue weighted by atomic mass is 9.95. The van der Waals surface area contributed by atoms with Gasteiger partial charge in [0.05, 0.1) is 6.10 Å². The summed E-state index contributed by atoms with van der Waals surface area (Å²) < 4.78 is 6.17. The lowest BCUT2D eigenvalue weighted by Crippen LogP contribution is -2.34. The van der Waals surface area contributed by atoms with Gasteiger partial charge >= 0.3 is 5.97 Å². The molecule has 2 aliphatic carbocycles. The summed E-state index contributed by atoms with van der Waals surface area (Å²) in [5.74, 6) is -0.200.